The van der Waals surface area contributed by atoms with Gasteiger partial charge in [0.15, 0.2) is 0 Å². The summed E-state index contributed by atoms with van der Waals surface area (Å²) in [5.74, 6) is -0.573. The van der Waals surface area contributed by atoms with Crippen LogP contribution in [-0.2, 0) is 4.74 Å². The van der Waals surface area contributed by atoms with E-state index in [4.69, 9.17) is 9.47 Å². The van der Waals surface area contributed by atoms with Crippen molar-refractivity contribution in [2.75, 3.05) is 14.2 Å². The first-order valence-corrected chi connectivity index (χ1v) is 5.81. The Morgan fingerprint density at radius 3 is 2.67 bits per heavy atom. The lowest BCUT2D eigenvalue weighted by molar-refractivity contribution is 0.0175. The van der Waals surface area contributed by atoms with Crippen molar-refractivity contribution in [1.29, 1.82) is 0 Å². The fourth-order valence-corrected chi connectivity index (χ4v) is 1.95. The minimum absolute atomic E-state index is 0.0386. The van der Waals surface area contributed by atoms with Gasteiger partial charge in [-0.1, -0.05) is 0 Å². The average Bonchev–Trinajstić information content (AvgIpc) is 2.32. The second-order valence-electron chi connectivity index (χ2n) is 4.35. The molecule has 1 aromatic carbocycles. The van der Waals surface area contributed by atoms with Crippen LogP contribution in [0.15, 0.2) is 18.2 Å². The van der Waals surface area contributed by atoms with Gasteiger partial charge in [-0.15, -0.1) is 0 Å². The maximum absolute atomic E-state index is 13.6. The molecule has 18 heavy (non-hydrogen) atoms. The summed E-state index contributed by atoms with van der Waals surface area (Å²) < 4.78 is 23.6. The van der Waals surface area contributed by atoms with Crippen molar-refractivity contribution < 1.29 is 18.7 Å². The molecular weight excluding hydrogens is 237 g/mol. The minimum Gasteiger partial charge on any atom is -0.497 e. The van der Waals surface area contributed by atoms with E-state index in [2.05, 4.69) is 5.32 Å². The van der Waals surface area contributed by atoms with Crippen molar-refractivity contribution in [3.8, 4) is 5.75 Å². The van der Waals surface area contributed by atoms with Crippen molar-refractivity contribution in [1.82, 2.24) is 5.32 Å². The second-order valence-corrected chi connectivity index (χ2v) is 4.35. The van der Waals surface area contributed by atoms with Gasteiger partial charge in [-0.3, -0.25) is 4.79 Å². The van der Waals surface area contributed by atoms with Crippen LogP contribution in [0.2, 0.25) is 0 Å². The Balaban J connectivity index is 1.97. The summed E-state index contributed by atoms with van der Waals surface area (Å²) in [7, 11) is 3.10. The van der Waals surface area contributed by atoms with E-state index in [-0.39, 0.29) is 17.7 Å². The molecule has 0 saturated heterocycles. The Hall–Kier alpha value is -1.62. The molecule has 0 spiro atoms. The van der Waals surface area contributed by atoms with Crippen molar-refractivity contribution in [2.24, 2.45) is 0 Å². The molecular formula is C13H16FNO3. The Morgan fingerprint density at radius 2 is 2.11 bits per heavy atom. The zero-order valence-electron chi connectivity index (χ0n) is 10.4. The molecule has 2 rings (SSSR count). The standard InChI is InChI=1S/C13H16FNO3/c1-17-9-3-4-11(12(14)7-9)13(16)15-8-5-10(6-8)18-2/h3-4,7-8,10H,5-6H2,1-2H3,(H,15,16). The molecule has 0 aromatic heterocycles. The maximum atomic E-state index is 13.6. The quantitative estimate of drug-likeness (QED) is 0.889. The van der Waals surface area contributed by atoms with Crippen LogP contribution in [0.1, 0.15) is 23.2 Å². The van der Waals surface area contributed by atoms with Crippen LogP contribution < -0.4 is 10.1 Å². The van der Waals surface area contributed by atoms with Gasteiger partial charge in [-0.2, -0.15) is 0 Å². The van der Waals surface area contributed by atoms with Crippen LogP contribution in [0, 0.1) is 5.82 Å². The number of halogens is 1. The minimum atomic E-state index is -0.575. The topological polar surface area (TPSA) is 47.6 Å². The van der Waals surface area contributed by atoms with Gasteiger partial charge in [0.2, 0.25) is 0 Å². The molecule has 0 atom stereocenters. The van der Waals surface area contributed by atoms with E-state index < -0.39 is 11.7 Å². The number of hydrogen-bond acceptors (Lipinski definition) is 3. The first kappa shape index (κ1) is 12.8. The fraction of sp³-hybridized carbons (Fsp3) is 0.462. The number of hydrogen-bond donors (Lipinski definition) is 1. The molecule has 0 radical (unpaired) electrons. The average molecular weight is 253 g/mol. The van der Waals surface area contributed by atoms with E-state index in [1.807, 2.05) is 0 Å². The largest absolute Gasteiger partial charge is 0.497 e. The van der Waals surface area contributed by atoms with E-state index in [1.54, 1.807) is 13.2 Å². The summed E-state index contributed by atoms with van der Waals surface area (Å²) in [6.45, 7) is 0. The zero-order chi connectivity index (χ0) is 13.1. The number of carbonyl (C=O) groups excluding carboxylic acids is 1. The van der Waals surface area contributed by atoms with Gasteiger partial charge in [0.1, 0.15) is 11.6 Å². The molecule has 1 aliphatic rings. The maximum Gasteiger partial charge on any atom is 0.254 e. The molecule has 1 aromatic rings. The van der Waals surface area contributed by atoms with Gasteiger partial charge >= 0.3 is 0 Å². The van der Waals surface area contributed by atoms with Crippen LogP contribution in [-0.4, -0.2) is 32.3 Å². The second kappa shape index (κ2) is 5.35. The predicted molar refractivity (Wildman–Crippen MR) is 64.2 cm³/mol. The number of rotatable bonds is 4. The Kier molecular flexibility index (Phi) is 3.81. The normalized spacial score (nSPS) is 22.2. The van der Waals surface area contributed by atoms with Crippen LogP contribution in [0.3, 0.4) is 0 Å². The fourth-order valence-electron chi connectivity index (χ4n) is 1.95. The van der Waals surface area contributed by atoms with E-state index in [1.165, 1.54) is 19.2 Å². The molecule has 0 unspecified atom stereocenters. The van der Waals surface area contributed by atoms with Gasteiger partial charge in [-0.25, -0.2) is 4.39 Å². The molecule has 1 fully saturated rings. The molecule has 1 amide bonds. The molecule has 0 aliphatic heterocycles. The summed E-state index contributed by atoms with van der Waals surface area (Å²) in [5, 5.41) is 2.78. The predicted octanol–water partition coefficient (Wildman–Crippen LogP) is 1.74. The number of amides is 1. The lowest BCUT2D eigenvalue weighted by Gasteiger charge is -2.34. The smallest absolute Gasteiger partial charge is 0.254 e. The number of nitrogens with one attached hydrogen (secondary N) is 1. The van der Waals surface area contributed by atoms with E-state index in [9.17, 15) is 9.18 Å². The summed E-state index contributed by atoms with van der Waals surface area (Å²) >= 11 is 0. The van der Waals surface area contributed by atoms with Gasteiger partial charge < -0.3 is 14.8 Å². The molecule has 0 heterocycles. The zero-order valence-corrected chi connectivity index (χ0v) is 10.4. The third-order valence-electron chi connectivity index (χ3n) is 3.18. The number of methoxy groups -OCH3 is 2. The molecule has 0 bridgehead atoms. The SMILES string of the molecule is COc1ccc(C(=O)NC2CC(OC)C2)c(F)c1. The van der Waals surface area contributed by atoms with Gasteiger partial charge in [-0.05, 0) is 25.0 Å². The Bertz CT molecular complexity index is 444. The highest BCUT2D eigenvalue weighted by atomic mass is 19.1. The monoisotopic (exact) mass is 253 g/mol. The first-order chi connectivity index (χ1) is 8.63. The third-order valence-corrected chi connectivity index (χ3v) is 3.18. The van der Waals surface area contributed by atoms with Crippen molar-refractivity contribution in [3.63, 3.8) is 0 Å². The van der Waals surface area contributed by atoms with E-state index >= 15 is 0 Å². The van der Waals surface area contributed by atoms with Crippen LogP contribution >= 0.6 is 0 Å². The molecule has 4 nitrogen and oxygen atoms in total. The highest BCUT2D eigenvalue weighted by molar-refractivity contribution is 5.94. The van der Waals surface area contributed by atoms with Crippen LogP contribution in [0.4, 0.5) is 4.39 Å². The molecule has 98 valence electrons. The Labute approximate surface area is 105 Å². The van der Waals surface area contributed by atoms with Crippen molar-refractivity contribution in [3.05, 3.63) is 29.6 Å². The number of ether oxygens (including phenoxy) is 2. The highest BCUT2D eigenvalue weighted by Gasteiger charge is 2.30. The number of carbonyl (C=O) groups is 1. The number of benzene rings is 1. The lowest BCUT2D eigenvalue weighted by Crippen LogP contribution is -2.47. The van der Waals surface area contributed by atoms with Gasteiger partial charge in [0.25, 0.3) is 5.91 Å². The molecule has 1 aliphatic carbocycles. The Morgan fingerprint density at radius 1 is 1.39 bits per heavy atom. The lowest BCUT2D eigenvalue weighted by atomic mass is 9.89. The summed E-state index contributed by atoms with van der Waals surface area (Å²) in [6, 6.07) is 4.27. The molecule has 1 saturated carbocycles. The summed E-state index contributed by atoms with van der Waals surface area (Å²) in [4.78, 5) is 11.8. The van der Waals surface area contributed by atoms with Crippen LogP contribution in [0.25, 0.3) is 0 Å². The highest BCUT2D eigenvalue weighted by Crippen LogP contribution is 2.23. The first-order valence-electron chi connectivity index (χ1n) is 5.81. The van der Waals surface area contributed by atoms with E-state index in [0.29, 0.717) is 5.75 Å². The van der Waals surface area contributed by atoms with Crippen molar-refractivity contribution >= 4 is 5.91 Å². The summed E-state index contributed by atoms with van der Waals surface area (Å²) in [6.07, 6.45) is 1.76. The summed E-state index contributed by atoms with van der Waals surface area (Å²) in [5.41, 5.74) is 0.0386. The third kappa shape index (κ3) is 2.61. The molecule has 1 N–H and O–H groups in total. The van der Waals surface area contributed by atoms with E-state index in [0.717, 1.165) is 12.8 Å². The molecule has 5 heteroatoms. The van der Waals surface area contributed by atoms with Gasteiger partial charge in [0, 0.05) is 19.2 Å². The van der Waals surface area contributed by atoms with Gasteiger partial charge in [0.05, 0.1) is 18.8 Å². The van der Waals surface area contributed by atoms with Crippen molar-refractivity contribution in [2.45, 2.75) is 25.0 Å². The van der Waals surface area contributed by atoms with Crippen LogP contribution in [0.5, 0.6) is 5.75 Å².